The smallest absolute Gasteiger partial charge is 0.144 e. The number of hydrogen-bond donors (Lipinski definition) is 2. The fraction of sp³-hybridized carbons (Fsp3) is 0.308. The first kappa shape index (κ1) is 13.8. The molecule has 0 unspecified atom stereocenters. The fourth-order valence-electron chi connectivity index (χ4n) is 1.41. The number of nitrogen functional groups attached to an aromatic ring is 1. The van der Waals surface area contributed by atoms with Gasteiger partial charge in [0, 0.05) is 28.8 Å². The third kappa shape index (κ3) is 3.65. The van der Waals surface area contributed by atoms with E-state index in [0.717, 1.165) is 15.7 Å². The highest BCUT2D eigenvalue weighted by molar-refractivity contribution is 7.99. The Morgan fingerprint density at radius 2 is 1.84 bits per heavy atom. The van der Waals surface area contributed by atoms with Gasteiger partial charge in [0.25, 0.3) is 0 Å². The van der Waals surface area contributed by atoms with Gasteiger partial charge in [-0.05, 0) is 12.1 Å². The number of pyridine rings is 1. The molecule has 0 saturated heterocycles. The van der Waals surface area contributed by atoms with Gasteiger partial charge < -0.3 is 5.43 Å². The van der Waals surface area contributed by atoms with Crippen LogP contribution in [-0.2, 0) is 5.41 Å². The highest BCUT2D eigenvalue weighted by Gasteiger charge is 2.19. The molecule has 2 aromatic rings. The molecule has 0 aliphatic carbocycles. The minimum absolute atomic E-state index is 0.125. The fourth-order valence-corrected chi connectivity index (χ4v) is 2.22. The zero-order valence-corrected chi connectivity index (χ0v) is 12.0. The number of hydrazine groups is 1. The number of hydrogen-bond acceptors (Lipinski definition) is 6. The minimum Gasteiger partial charge on any atom is -0.308 e. The summed E-state index contributed by atoms with van der Waals surface area (Å²) in [6, 6.07) is 5.72. The van der Waals surface area contributed by atoms with Gasteiger partial charge in [0.1, 0.15) is 16.7 Å². The summed E-state index contributed by atoms with van der Waals surface area (Å²) in [7, 11) is 0. The van der Waals surface area contributed by atoms with Crippen LogP contribution < -0.4 is 11.3 Å². The molecule has 5 nitrogen and oxygen atoms in total. The van der Waals surface area contributed by atoms with Crippen LogP contribution in [-0.4, -0.2) is 15.0 Å². The second-order valence-corrected chi connectivity index (χ2v) is 6.19. The van der Waals surface area contributed by atoms with Crippen molar-refractivity contribution in [2.45, 2.75) is 36.1 Å². The highest BCUT2D eigenvalue weighted by Crippen LogP contribution is 2.29. The number of anilines is 1. The molecule has 3 N–H and O–H groups in total. The normalized spacial score (nSPS) is 11.4. The van der Waals surface area contributed by atoms with Crippen LogP contribution in [0.5, 0.6) is 0 Å². The Bertz CT molecular complexity index is 551. The summed E-state index contributed by atoms with van der Waals surface area (Å²) in [5, 5.41) is 0.860. The predicted octanol–water partition coefficient (Wildman–Crippen LogP) is 2.61. The van der Waals surface area contributed by atoms with Gasteiger partial charge >= 0.3 is 0 Å². The lowest BCUT2D eigenvalue weighted by atomic mass is 9.96. The molecule has 6 heteroatoms. The Morgan fingerprint density at radius 3 is 2.42 bits per heavy atom. The van der Waals surface area contributed by atoms with Crippen LogP contribution in [0.3, 0.4) is 0 Å². The molecule has 0 aliphatic rings. The van der Waals surface area contributed by atoms with Crippen molar-refractivity contribution in [3.05, 3.63) is 36.4 Å². The van der Waals surface area contributed by atoms with Gasteiger partial charge in [-0.2, -0.15) is 0 Å². The third-order valence-electron chi connectivity index (χ3n) is 2.39. The number of aromatic nitrogens is 3. The molecule has 0 aliphatic heterocycles. The van der Waals surface area contributed by atoms with Gasteiger partial charge in [0.2, 0.25) is 0 Å². The van der Waals surface area contributed by atoms with Crippen molar-refractivity contribution < 1.29 is 0 Å². The summed E-state index contributed by atoms with van der Waals surface area (Å²) in [6.45, 7) is 6.22. The van der Waals surface area contributed by atoms with E-state index in [1.807, 2.05) is 18.2 Å². The van der Waals surface area contributed by atoms with E-state index >= 15 is 0 Å². The van der Waals surface area contributed by atoms with E-state index < -0.39 is 0 Å². The Kier molecular flexibility index (Phi) is 4.01. The van der Waals surface area contributed by atoms with E-state index in [-0.39, 0.29) is 5.41 Å². The first-order chi connectivity index (χ1) is 8.99. The minimum atomic E-state index is -0.125. The molecule has 0 spiro atoms. The average Bonchev–Trinajstić information content (AvgIpc) is 2.38. The van der Waals surface area contributed by atoms with E-state index in [9.17, 15) is 0 Å². The number of nitrogens with zero attached hydrogens (tertiary/aromatic N) is 3. The van der Waals surface area contributed by atoms with Crippen molar-refractivity contribution in [3.8, 4) is 0 Å². The van der Waals surface area contributed by atoms with Gasteiger partial charge in [-0.15, -0.1) is 0 Å². The molecule has 2 aromatic heterocycles. The van der Waals surface area contributed by atoms with E-state index in [4.69, 9.17) is 5.84 Å². The van der Waals surface area contributed by atoms with E-state index in [1.54, 1.807) is 24.2 Å². The molecule has 19 heavy (non-hydrogen) atoms. The molecule has 0 saturated carbocycles. The topological polar surface area (TPSA) is 76.7 Å². The van der Waals surface area contributed by atoms with Gasteiger partial charge in [-0.1, -0.05) is 32.5 Å². The summed E-state index contributed by atoms with van der Waals surface area (Å²) in [6.07, 6.45) is 3.52. The first-order valence-corrected chi connectivity index (χ1v) is 6.75. The van der Waals surface area contributed by atoms with Crippen molar-refractivity contribution in [1.29, 1.82) is 0 Å². The van der Waals surface area contributed by atoms with Crippen LogP contribution in [0, 0.1) is 0 Å². The van der Waals surface area contributed by atoms with Crippen molar-refractivity contribution in [1.82, 2.24) is 15.0 Å². The van der Waals surface area contributed by atoms with Crippen LogP contribution in [0.1, 0.15) is 26.6 Å². The maximum Gasteiger partial charge on any atom is 0.144 e. The molecule has 100 valence electrons. The second kappa shape index (κ2) is 5.54. The maximum atomic E-state index is 5.46. The summed E-state index contributed by atoms with van der Waals surface area (Å²) in [5.41, 5.74) is 2.46. The van der Waals surface area contributed by atoms with E-state index in [1.165, 1.54) is 0 Å². The number of nitrogens with one attached hydrogen (secondary N) is 1. The second-order valence-electron chi connectivity index (χ2n) is 5.09. The zero-order chi connectivity index (χ0) is 13.9. The SMILES string of the molecule is CC(C)(C)c1nc(NN)cc(Sc2ccncc2)n1. The monoisotopic (exact) mass is 275 g/mol. The Labute approximate surface area is 117 Å². The van der Waals surface area contributed by atoms with Gasteiger partial charge in [0.15, 0.2) is 0 Å². The summed E-state index contributed by atoms with van der Waals surface area (Å²) < 4.78 is 0. The van der Waals surface area contributed by atoms with E-state index in [0.29, 0.717) is 5.82 Å². The van der Waals surface area contributed by atoms with Crippen LogP contribution >= 0.6 is 11.8 Å². The standard InChI is InChI=1S/C13H17N5S/c1-13(2,3)12-16-10(18-14)8-11(17-12)19-9-4-6-15-7-5-9/h4-8H,14H2,1-3H3,(H,16,17,18). The molecule has 0 aromatic carbocycles. The quantitative estimate of drug-likeness (QED) is 0.509. The van der Waals surface area contributed by atoms with Crippen LogP contribution in [0.25, 0.3) is 0 Å². The van der Waals surface area contributed by atoms with Crippen molar-refractivity contribution >= 4 is 17.6 Å². The molecule has 0 radical (unpaired) electrons. The summed E-state index contributed by atoms with van der Waals surface area (Å²) >= 11 is 1.56. The first-order valence-electron chi connectivity index (χ1n) is 5.93. The number of nitrogens with two attached hydrogens (primary N) is 1. The van der Waals surface area contributed by atoms with Crippen LogP contribution in [0.15, 0.2) is 40.5 Å². The molecule has 2 heterocycles. The maximum absolute atomic E-state index is 5.46. The Balaban J connectivity index is 2.35. The van der Waals surface area contributed by atoms with E-state index in [2.05, 4.69) is 41.1 Å². The average molecular weight is 275 g/mol. The van der Waals surface area contributed by atoms with Crippen molar-refractivity contribution in [2.24, 2.45) is 5.84 Å². The Morgan fingerprint density at radius 1 is 1.16 bits per heavy atom. The van der Waals surface area contributed by atoms with Crippen LogP contribution in [0.4, 0.5) is 5.82 Å². The largest absolute Gasteiger partial charge is 0.308 e. The lowest BCUT2D eigenvalue weighted by Crippen LogP contribution is -2.19. The lowest BCUT2D eigenvalue weighted by Gasteiger charge is -2.18. The van der Waals surface area contributed by atoms with Gasteiger partial charge in [-0.25, -0.2) is 15.8 Å². The third-order valence-corrected chi connectivity index (χ3v) is 3.32. The Hall–Kier alpha value is -1.66. The van der Waals surface area contributed by atoms with Gasteiger partial charge in [0.05, 0.1) is 0 Å². The molecule has 2 rings (SSSR count). The molecule has 0 atom stereocenters. The summed E-state index contributed by atoms with van der Waals surface area (Å²) in [5.74, 6) is 6.85. The zero-order valence-electron chi connectivity index (χ0n) is 11.2. The molecular formula is C13H17N5S. The highest BCUT2D eigenvalue weighted by atomic mass is 32.2. The van der Waals surface area contributed by atoms with Crippen molar-refractivity contribution in [3.63, 3.8) is 0 Å². The molecule has 0 amide bonds. The molecular weight excluding hydrogens is 258 g/mol. The molecule has 0 bridgehead atoms. The molecule has 0 fully saturated rings. The number of rotatable bonds is 3. The van der Waals surface area contributed by atoms with Gasteiger partial charge in [-0.3, -0.25) is 4.98 Å². The summed E-state index contributed by atoms with van der Waals surface area (Å²) in [4.78, 5) is 14.1. The van der Waals surface area contributed by atoms with Crippen molar-refractivity contribution in [2.75, 3.05) is 5.43 Å². The lowest BCUT2D eigenvalue weighted by molar-refractivity contribution is 0.539. The van der Waals surface area contributed by atoms with Crippen LogP contribution in [0.2, 0.25) is 0 Å². The predicted molar refractivity (Wildman–Crippen MR) is 76.9 cm³/mol.